The van der Waals surface area contributed by atoms with Crippen LogP contribution in [0.1, 0.15) is 11.4 Å². The molecule has 76 valence electrons. The molecular formula is C10H9FN4. The van der Waals surface area contributed by atoms with Crippen LogP contribution in [0.15, 0.2) is 18.2 Å². The van der Waals surface area contributed by atoms with E-state index in [-0.39, 0.29) is 5.82 Å². The molecule has 0 radical (unpaired) electrons. The van der Waals surface area contributed by atoms with Crippen molar-refractivity contribution in [3.63, 3.8) is 0 Å². The number of hydrogen-bond acceptors (Lipinski definition) is 4. The van der Waals surface area contributed by atoms with Gasteiger partial charge in [-0.3, -0.25) is 0 Å². The smallest absolute Gasteiger partial charge is 0.203 e. The molecule has 0 spiro atoms. The summed E-state index contributed by atoms with van der Waals surface area (Å²) in [5.74, 6) is 0.557. The van der Waals surface area contributed by atoms with Crippen molar-refractivity contribution in [3.05, 3.63) is 35.4 Å². The Morgan fingerprint density at radius 3 is 2.33 bits per heavy atom. The Bertz CT molecular complexity index is 481. The van der Waals surface area contributed by atoms with Gasteiger partial charge in [0.15, 0.2) is 5.82 Å². The third kappa shape index (κ3) is 1.81. The molecule has 0 aliphatic carbocycles. The molecular weight excluding hydrogens is 195 g/mol. The molecule has 0 saturated heterocycles. The molecule has 0 atom stereocenters. The number of aryl methyl sites for hydroxylation is 1. The quantitative estimate of drug-likeness (QED) is 0.709. The van der Waals surface area contributed by atoms with E-state index >= 15 is 0 Å². The molecule has 2 aromatic rings. The minimum atomic E-state index is -0.281. The van der Waals surface area contributed by atoms with Crippen LogP contribution in [0.2, 0.25) is 0 Å². The summed E-state index contributed by atoms with van der Waals surface area (Å²) in [5.41, 5.74) is 1.12. The highest BCUT2D eigenvalue weighted by molar-refractivity contribution is 5.58. The maximum Gasteiger partial charge on any atom is 0.203 e. The van der Waals surface area contributed by atoms with Crippen molar-refractivity contribution in [1.82, 2.24) is 20.4 Å². The maximum atomic E-state index is 13.2. The van der Waals surface area contributed by atoms with Crippen molar-refractivity contribution < 1.29 is 4.39 Å². The van der Waals surface area contributed by atoms with Gasteiger partial charge >= 0.3 is 0 Å². The van der Waals surface area contributed by atoms with E-state index < -0.39 is 0 Å². The van der Waals surface area contributed by atoms with E-state index in [1.54, 1.807) is 26.0 Å². The summed E-state index contributed by atoms with van der Waals surface area (Å²) in [7, 11) is 0. The molecule has 1 aromatic carbocycles. The van der Waals surface area contributed by atoms with Gasteiger partial charge in [0.05, 0.1) is 0 Å². The van der Waals surface area contributed by atoms with Gasteiger partial charge in [0.25, 0.3) is 0 Å². The number of rotatable bonds is 1. The van der Waals surface area contributed by atoms with Crippen molar-refractivity contribution in [3.8, 4) is 11.4 Å². The number of nitrogens with zero attached hydrogens (tertiary/aromatic N) is 4. The van der Waals surface area contributed by atoms with Crippen LogP contribution in [-0.2, 0) is 0 Å². The summed E-state index contributed by atoms with van der Waals surface area (Å²) in [6, 6.07) is 4.75. The minimum Gasteiger partial charge on any atom is -0.207 e. The van der Waals surface area contributed by atoms with Crippen molar-refractivity contribution in [2.24, 2.45) is 0 Å². The second-order valence-electron chi connectivity index (χ2n) is 3.18. The lowest BCUT2D eigenvalue weighted by Crippen LogP contribution is -2.00. The van der Waals surface area contributed by atoms with Gasteiger partial charge in [-0.15, -0.1) is 20.4 Å². The van der Waals surface area contributed by atoms with E-state index in [0.29, 0.717) is 22.8 Å². The van der Waals surface area contributed by atoms with Crippen LogP contribution in [0.5, 0.6) is 0 Å². The standard InChI is InChI=1S/C10H9FN4/c1-6-8(4-3-5-9(6)11)10-14-12-7(2)13-15-10/h3-5H,1-2H3. The van der Waals surface area contributed by atoms with Crippen LogP contribution < -0.4 is 0 Å². The molecule has 0 aliphatic heterocycles. The van der Waals surface area contributed by atoms with E-state index in [1.165, 1.54) is 6.07 Å². The summed E-state index contributed by atoms with van der Waals surface area (Å²) in [6.07, 6.45) is 0. The largest absolute Gasteiger partial charge is 0.207 e. The van der Waals surface area contributed by atoms with Gasteiger partial charge in [-0.05, 0) is 25.5 Å². The fraction of sp³-hybridized carbons (Fsp3) is 0.200. The first-order chi connectivity index (χ1) is 7.18. The molecule has 5 heteroatoms. The number of benzene rings is 1. The molecule has 0 amide bonds. The minimum absolute atomic E-state index is 0.281. The van der Waals surface area contributed by atoms with Crippen molar-refractivity contribution in [1.29, 1.82) is 0 Å². The third-order valence-corrected chi connectivity index (χ3v) is 2.09. The predicted octanol–water partition coefficient (Wildman–Crippen LogP) is 1.69. The molecule has 1 heterocycles. The summed E-state index contributed by atoms with van der Waals surface area (Å²) >= 11 is 0. The molecule has 0 saturated carbocycles. The van der Waals surface area contributed by atoms with Gasteiger partial charge in [0.1, 0.15) is 5.82 Å². The van der Waals surface area contributed by atoms with Crippen LogP contribution in [0.25, 0.3) is 11.4 Å². The molecule has 0 fully saturated rings. The Balaban J connectivity index is 2.54. The Labute approximate surface area is 86.2 Å². The van der Waals surface area contributed by atoms with Crippen LogP contribution in [0.3, 0.4) is 0 Å². The molecule has 0 aliphatic rings. The summed E-state index contributed by atoms with van der Waals surface area (Å²) in [6.45, 7) is 3.37. The second-order valence-corrected chi connectivity index (χ2v) is 3.18. The number of hydrogen-bond donors (Lipinski definition) is 0. The van der Waals surface area contributed by atoms with Crippen molar-refractivity contribution in [2.45, 2.75) is 13.8 Å². The maximum absolute atomic E-state index is 13.2. The molecule has 1 aromatic heterocycles. The first kappa shape index (κ1) is 9.64. The molecule has 2 rings (SSSR count). The first-order valence-corrected chi connectivity index (χ1v) is 4.48. The summed E-state index contributed by atoms with van der Waals surface area (Å²) in [4.78, 5) is 0. The Hall–Kier alpha value is -1.91. The number of aromatic nitrogens is 4. The van der Waals surface area contributed by atoms with E-state index in [4.69, 9.17) is 0 Å². The summed E-state index contributed by atoms with van der Waals surface area (Å²) < 4.78 is 13.2. The van der Waals surface area contributed by atoms with Gasteiger partial charge in [0.2, 0.25) is 5.82 Å². The highest BCUT2D eigenvalue weighted by atomic mass is 19.1. The Kier molecular flexibility index (Phi) is 2.37. The lowest BCUT2D eigenvalue weighted by Gasteiger charge is -2.03. The Morgan fingerprint density at radius 1 is 1.00 bits per heavy atom. The van der Waals surface area contributed by atoms with Crippen molar-refractivity contribution >= 4 is 0 Å². The SMILES string of the molecule is Cc1nnc(-c2cccc(F)c2C)nn1. The molecule has 0 bridgehead atoms. The van der Waals surface area contributed by atoms with Crippen LogP contribution in [-0.4, -0.2) is 20.4 Å². The normalized spacial score (nSPS) is 10.3. The molecule has 0 N–H and O–H groups in total. The second kappa shape index (κ2) is 3.68. The van der Waals surface area contributed by atoms with Crippen LogP contribution in [0, 0.1) is 19.7 Å². The average Bonchev–Trinajstić information content (AvgIpc) is 2.24. The third-order valence-electron chi connectivity index (χ3n) is 2.09. The molecule has 0 unspecified atom stereocenters. The highest BCUT2D eigenvalue weighted by Crippen LogP contribution is 2.20. The highest BCUT2D eigenvalue weighted by Gasteiger charge is 2.08. The van der Waals surface area contributed by atoms with Crippen molar-refractivity contribution in [2.75, 3.05) is 0 Å². The fourth-order valence-corrected chi connectivity index (χ4v) is 1.24. The topological polar surface area (TPSA) is 51.6 Å². The van der Waals surface area contributed by atoms with E-state index in [9.17, 15) is 4.39 Å². The summed E-state index contributed by atoms with van der Waals surface area (Å²) in [5, 5.41) is 15.3. The molecule has 4 nitrogen and oxygen atoms in total. The Morgan fingerprint density at radius 2 is 1.67 bits per heavy atom. The van der Waals surface area contributed by atoms with Gasteiger partial charge in [-0.1, -0.05) is 12.1 Å². The van der Waals surface area contributed by atoms with Crippen LogP contribution in [0.4, 0.5) is 4.39 Å². The van der Waals surface area contributed by atoms with E-state index in [0.717, 1.165) is 0 Å². The van der Waals surface area contributed by atoms with Gasteiger partial charge in [0, 0.05) is 5.56 Å². The van der Waals surface area contributed by atoms with Gasteiger partial charge in [-0.2, -0.15) is 0 Å². The van der Waals surface area contributed by atoms with Gasteiger partial charge in [-0.25, -0.2) is 4.39 Å². The first-order valence-electron chi connectivity index (χ1n) is 4.48. The van der Waals surface area contributed by atoms with E-state index in [2.05, 4.69) is 20.4 Å². The molecule has 15 heavy (non-hydrogen) atoms. The zero-order chi connectivity index (χ0) is 10.8. The van der Waals surface area contributed by atoms with Crippen LogP contribution >= 0.6 is 0 Å². The zero-order valence-electron chi connectivity index (χ0n) is 8.40. The van der Waals surface area contributed by atoms with E-state index in [1.807, 2.05) is 0 Å². The number of halogens is 1. The predicted molar refractivity (Wildman–Crippen MR) is 52.5 cm³/mol. The fourth-order valence-electron chi connectivity index (χ4n) is 1.24. The van der Waals surface area contributed by atoms with Gasteiger partial charge < -0.3 is 0 Å². The zero-order valence-corrected chi connectivity index (χ0v) is 8.40. The lowest BCUT2D eigenvalue weighted by molar-refractivity contribution is 0.618. The lowest BCUT2D eigenvalue weighted by atomic mass is 10.1. The average molecular weight is 204 g/mol. The monoisotopic (exact) mass is 204 g/mol.